The molecule has 3 heterocycles. The molecule has 4 aromatic rings. The predicted octanol–water partition coefficient (Wildman–Crippen LogP) is 6.38. The predicted molar refractivity (Wildman–Crippen MR) is 163 cm³/mol. The van der Waals surface area contributed by atoms with Crippen LogP contribution in [0.25, 0.3) is 10.9 Å². The number of carbonyl (C=O) groups is 3. The van der Waals surface area contributed by atoms with Gasteiger partial charge >= 0.3 is 12.1 Å². The lowest BCUT2D eigenvalue weighted by molar-refractivity contribution is 0.0172. The van der Waals surface area contributed by atoms with Crippen molar-refractivity contribution in [3.8, 4) is 5.75 Å². The molecule has 1 unspecified atom stereocenters. The second-order valence-electron chi connectivity index (χ2n) is 11.3. The summed E-state index contributed by atoms with van der Waals surface area (Å²) in [6.07, 6.45) is 4.33. The summed E-state index contributed by atoms with van der Waals surface area (Å²) in [4.78, 5) is 48.4. The van der Waals surface area contributed by atoms with E-state index in [0.29, 0.717) is 34.6 Å². The maximum absolute atomic E-state index is 14.4. The normalized spacial score (nSPS) is 16.8. The Bertz CT molecular complexity index is 1600. The summed E-state index contributed by atoms with van der Waals surface area (Å²) in [5.74, 6) is 0.551. The number of hydrogen-bond donors (Lipinski definition) is 0. The maximum Gasteiger partial charge on any atom is 0.412 e. The van der Waals surface area contributed by atoms with Crippen LogP contribution < -0.4 is 4.74 Å². The van der Waals surface area contributed by atoms with Gasteiger partial charge in [-0.25, -0.2) is 9.59 Å². The van der Waals surface area contributed by atoms with E-state index >= 15 is 0 Å². The third-order valence-corrected chi connectivity index (χ3v) is 8.08. The number of Topliss-reactive ketones (excluding diaryl/α,β-unsaturated/α-hetero) is 1. The molecule has 0 N–H and O–H groups in total. The van der Waals surface area contributed by atoms with Crippen LogP contribution in [-0.4, -0.2) is 68.7 Å². The van der Waals surface area contributed by atoms with Gasteiger partial charge in [-0.05, 0) is 38.5 Å². The molecule has 0 radical (unpaired) electrons. The van der Waals surface area contributed by atoms with Crippen LogP contribution in [0.1, 0.15) is 47.6 Å². The summed E-state index contributed by atoms with van der Waals surface area (Å²) < 4.78 is 13.4. The van der Waals surface area contributed by atoms with Crippen LogP contribution >= 0.6 is 11.8 Å². The Balaban J connectivity index is 1.56. The molecule has 1 aliphatic heterocycles. The van der Waals surface area contributed by atoms with E-state index in [1.54, 1.807) is 77.7 Å². The molecule has 218 valence electrons. The Morgan fingerprint density at radius 1 is 1.02 bits per heavy atom. The lowest BCUT2D eigenvalue weighted by atomic mass is 10.0. The molecule has 5 rings (SSSR count). The van der Waals surface area contributed by atoms with Gasteiger partial charge in [-0.2, -0.15) is 0 Å². The fourth-order valence-corrected chi connectivity index (χ4v) is 6.27. The minimum Gasteiger partial charge on any atom is -0.487 e. The zero-order valence-electron chi connectivity index (χ0n) is 24.3. The summed E-state index contributed by atoms with van der Waals surface area (Å²) in [6, 6.07) is 17.6. The minimum atomic E-state index is -0.822. The van der Waals surface area contributed by atoms with E-state index in [1.807, 2.05) is 36.4 Å². The Morgan fingerprint density at radius 3 is 2.45 bits per heavy atom. The van der Waals surface area contributed by atoms with E-state index in [9.17, 15) is 14.4 Å². The highest BCUT2D eigenvalue weighted by molar-refractivity contribution is 7.99. The molecule has 2 aromatic carbocycles. The molecule has 0 saturated carbocycles. The van der Waals surface area contributed by atoms with Crippen molar-refractivity contribution < 1.29 is 23.9 Å². The van der Waals surface area contributed by atoms with Gasteiger partial charge in [-0.3, -0.25) is 19.2 Å². The molecule has 0 aliphatic carbocycles. The largest absolute Gasteiger partial charge is 0.487 e. The van der Waals surface area contributed by atoms with Crippen molar-refractivity contribution in [1.82, 2.24) is 19.4 Å². The Labute approximate surface area is 249 Å². The number of pyridine rings is 1. The molecule has 42 heavy (non-hydrogen) atoms. The lowest BCUT2D eigenvalue weighted by Gasteiger charge is -2.31. The number of amides is 2. The van der Waals surface area contributed by atoms with E-state index in [-0.39, 0.29) is 11.8 Å². The fraction of sp³-hybridized carbons (Fsp3) is 0.312. The van der Waals surface area contributed by atoms with Crippen LogP contribution in [0, 0.1) is 0 Å². The van der Waals surface area contributed by atoms with Crippen LogP contribution in [0.3, 0.4) is 0 Å². The average molecular weight is 587 g/mol. The average Bonchev–Trinajstić information content (AvgIpc) is 3.59. The van der Waals surface area contributed by atoms with Gasteiger partial charge in [0, 0.05) is 55.0 Å². The Kier molecular flexibility index (Phi) is 8.27. The van der Waals surface area contributed by atoms with Gasteiger partial charge in [0.15, 0.2) is 5.78 Å². The Hall–Kier alpha value is -4.31. The van der Waals surface area contributed by atoms with Gasteiger partial charge in [0.25, 0.3) is 0 Å². The first-order chi connectivity index (χ1) is 20.0. The number of nitrogens with zero attached hydrogens (tertiary/aromatic N) is 4. The van der Waals surface area contributed by atoms with Gasteiger partial charge in [-0.15, -0.1) is 11.8 Å². The number of aromatic nitrogens is 2. The smallest absolute Gasteiger partial charge is 0.412 e. The van der Waals surface area contributed by atoms with Crippen molar-refractivity contribution in [3.63, 3.8) is 0 Å². The van der Waals surface area contributed by atoms with Crippen molar-refractivity contribution in [2.24, 2.45) is 0 Å². The van der Waals surface area contributed by atoms with E-state index in [4.69, 9.17) is 9.47 Å². The number of ether oxygens (including phenoxy) is 2. The van der Waals surface area contributed by atoms with Crippen molar-refractivity contribution >= 4 is 40.6 Å². The standard InChI is InChI=1S/C32H34N4O5S/c1-32(2,3)41-31(39)36-25(20-42-29(36)22-13-10-16-33-17-22)28(37)24-18-35(30(38)34(4)5)27-23(24)14-9-15-26(27)40-19-21-11-7-6-8-12-21/h6-18,25,29H,19-20H2,1-5H3/t25-,29?/m0/s1. The quantitative estimate of drug-likeness (QED) is 0.242. The zero-order chi connectivity index (χ0) is 30.0. The van der Waals surface area contributed by atoms with Crippen molar-refractivity contribution in [1.29, 1.82) is 0 Å². The molecule has 0 spiro atoms. The first kappa shape index (κ1) is 29.2. The third kappa shape index (κ3) is 5.99. The van der Waals surface area contributed by atoms with Gasteiger partial charge in [0.1, 0.15) is 34.9 Å². The van der Waals surface area contributed by atoms with E-state index in [2.05, 4.69) is 4.98 Å². The van der Waals surface area contributed by atoms with Crippen LogP contribution in [-0.2, 0) is 11.3 Å². The van der Waals surface area contributed by atoms with E-state index < -0.39 is 23.1 Å². The molecule has 2 amide bonds. The Morgan fingerprint density at radius 2 is 1.79 bits per heavy atom. The van der Waals surface area contributed by atoms with Crippen molar-refractivity contribution in [3.05, 3.63) is 95.9 Å². The number of carbonyl (C=O) groups excluding carboxylic acids is 3. The molecular formula is C32H34N4O5S. The topological polar surface area (TPSA) is 94.0 Å². The summed E-state index contributed by atoms with van der Waals surface area (Å²) in [6.45, 7) is 5.67. The molecule has 9 nitrogen and oxygen atoms in total. The molecule has 1 saturated heterocycles. The maximum atomic E-state index is 14.4. The van der Waals surface area contributed by atoms with Crippen LogP contribution in [0.15, 0.2) is 79.3 Å². The van der Waals surface area contributed by atoms with Gasteiger partial charge in [0.2, 0.25) is 0 Å². The second-order valence-corrected chi connectivity index (χ2v) is 12.4. The van der Waals surface area contributed by atoms with Crippen molar-refractivity contribution in [2.75, 3.05) is 19.8 Å². The third-order valence-electron chi connectivity index (χ3n) is 6.76. The summed E-state index contributed by atoms with van der Waals surface area (Å²) >= 11 is 1.48. The van der Waals surface area contributed by atoms with Crippen LogP contribution in [0.4, 0.5) is 9.59 Å². The van der Waals surface area contributed by atoms with Crippen LogP contribution in [0.5, 0.6) is 5.75 Å². The lowest BCUT2D eigenvalue weighted by Crippen LogP contribution is -2.45. The number of para-hydroxylation sites is 1. The number of hydrogen-bond acceptors (Lipinski definition) is 7. The summed E-state index contributed by atoms with van der Waals surface area (Å²) in [5, 5.41) is 0.115. The van der Waals surface area contributed by atoms with Crippen molar-refractivity contribution in [2.45, 2.75) is 44.4 Å². The fourth-order valence-electron chi connectivity index (χ4n) is 4.87. The molecule has 2 aromatic heterocycles. The minimum absolute atomic E-state index is 0.282. The molecule has 1 fully saturated rings. The highest BCUT2D eigenvalue weighted by Crippen LogP contribution is 2.43. The van der Waals surface area contributed by atoms with E-state index in [0.717, 1.165) is 11.1 Å². The highest BCUT2D eigenvalue weighted by Gasteiger charge is 2.45. The first-order valence-electron chi connectivity index (χ1n) is 13.6. The summed E-state index contributed by atoms with van der Waals surface area (Å²) in [7, 11) is 3.30. The van der Waals surface area contributed by atoms with Gasteiger partial charge < -0.3 is 14.4 Å². The second kappa shape index (κ2) is 11.9. The van der Waals surface area contributed by atoms with Gasteiger partial charge in [0.05, 0.1) is 0 Å². The van der Waals surface area contributed by atoms with Gasteiger partial charge in [-0.1, -0.05) is 48.5 Å². The molecule has 0 bridgehead atoms. The highest BCUT2D eigenvalue weighted by atomic mass is 32.2. The number of fused-ring (bicyclic) bond motifs is 1. The number of benzene rings is 2. The van der Waals surface area contributed by atoms with E-state index in [1.165, 1.54) is 26.1 Å². The monoisotopic (exact) mass is 586 g/mol. The molecule has 2 atom stereocenters. The zero-order valence-corrected chi connectivity index (χ0v) is 25.1. The molecule has 1 aliphatic rings. The first-order valence-corrected chi connectivity index (χ1v) is 14.7. The number of thioether (sulfide) groups is 1. The number of rotatable bonds is 6. The number of ketones is 1. The molecule has 10 heteroatoms. The molecular weight excluding hydrogens is 552 g/mol. The van der Waals surface area contributed by atoms with Crippen LogP contribution in [0.2, 0.25) is 0 Å². The SMILES string of the molecule is CN(C)C(=O)n1cc(C(=O)[C@@H]2CSC(c3cccnc3)N2C(=O)OC(C)(C)C)c2cccc(OCc3ccccc3)c21. The summed E-state index contributed by atoms with van der Waals surface area (Å²) in [5.41, 5.74) is 1.84.